The number of carbonyl (C=O) groups excluding carboxylic acids is 1. The lowest BCUT2D eigenvalue weighted by molar-refractivity contribution is -0.113. The Morgan fingerprint density at radius 1 is 1.19 bits per heavy atom. The highest BCUT2D eigenvalue weighted by Gasteiger charge is 2.09. The van der Waals surface area contributed by atoms with Crippen LogP contribution >= 0.6 is 23.1 Å². The zero-order valence-corrected chi connectivity index (χ0v) is 15.9. The number of hydrogen-bond acceptors (Lipinski definition) is 6. The fraction of sp³-hybridized carbons (Fsp3) is 0.158. The zero-order valence-electron chi connectivity index (χ0n) is 14.3. The molecule has 26 heavy (non-hydrogen) atoms. The van der Waals surface area contributed by atoms with Gasteiger partial charge in [0.25, 0.3) is 0 Å². The summed E-state index contributed by atoms with van der Waals surface area (Å²) in [5, 5.41) is 5.37. The summed E-state index contributed by atoms with van der Waals surface area (Å²) in [7, 11) is 0. The quantitative estimate of drug-likeness (QED) is 0.462. The third-order valence-corrected chi connectivity index (χ3v) is 5.23. The zero-order chi connectivity index (χ0) is 18.4. The maximum atomic E-state index is 12.1. The lowest BCUT2D eigenvalue weighted by atomic mass is 10.2. The summed E-state index contributed by atoms with van der Waals surface area (Å²) in [5.74, 6) is 1.07. The van der Waals surface area contributed by atoms with E-state index in [-0.39, 0.29) is 5.91 Å². The van der Waals surface area contributed by atoms with Gasteiger partial charge in [0.1, 0.15) is 5.75 Å². The Morgan fingerprint density at radius 2 is 1.92 bits per heavy atom. The van der Waals surface area contributed by atoms with Gasteiger partial charge in [-0.05, 0) is 55.5 Å². The number of nitrogens with zero attached hydrogens (tertiary/aromatic N) is 1. The monoisotopic (exact) mass is 385 g/mol. The molecule has 3 aromatic rings. The molecule has 0 atom stereocenters. The van der Waals surface area contributed by atoms with E-state index in [0.29, 0.717) is 23.2 Å². The predicted octanol–water partition coefficient (Wildman–Crippen LogP) is 4.52. The van der Waals surface area contributed by atoms with E-state index in [2.05, 4.69) is 10.3 Å². The first kappa shape index (κ1) is 18.3. The van der Waals surface area contributed by atoms with Gasteiger partial charge in [0.05, 0.1) is 18.1 Å². The molecule has 0 fully saturated rings. The van der Waals surface area contributed by atoms with Gasteiger partial charge in [-0.3, -0.25) is 4.79 Å². The fourth-order valence-electron chi connectivity index (χ4n) is 2.22. The molecule has 5 nitrogen and oxygen atoms in total. The second kappa shape index (κ2) is 8.73. The van der Waals surface area contributed by atoms with Crippen molar-refractivity contribution in [2.75, 3.05) is 23.4 Å². The smallest absolute Gasteiger partial charge is 0.236 e. The first-order chi connectivity index (χ1) is 12.6. The average molecular weight is 386 g/mol. The second-order valence-electron chi connectivity index (χ2n) is 5.40. The van der Waals surface area contributed by atoms with E-state index >= 15 is 0 Å². The predicted molar refractivity (Wildman–Crippen MR) is 109 cm³/mol. The summed E-state index contributed by atoms with van der Waals surface area (Å²) in [6, 6.07) is 15.2. The number of nitrogens with one attached hydrogen (secondary N) is 1. The Bertz CT molecular complexity index is 861. The molecule has 0 unspecified atom stereocenters. The van der Waals surface area contributed by atoms with Crippen molar-refractivity contribution >= 4 is 39.8 Å². The van der Waals surface area contributed by atoms with Gasteiger partial charge in [0, 0.05) is 21.5 Å². The minimum atomic E-state index is -0.0839. The lowest BCUT2D eigenvalue weighted by Crippen LogP contribution is -2.13. The average Bonchev–Trinajstić information content (AvgIpc) is 3.10. The van der Waals surface area contributed by atoms with Crippen molar-refractivity contribution in [1.82, 2.24) is 4.98 Å². The van der Waals surface area contributed by atoms with Gasteiger partial charge in [-0.2, -0.15) is 0 Å². The number of ether oxygens (including phenoxy) is 1. The molecule has 0 bridgehead atoms. The number of amides is 1. The van der Waals surface area contributed by atoms with E-state index in [9.17, 15) is 4.79 Å². The molecule has 0 saturated carbocycles. The summed E-state index contributed by atoms with van der Waals surface area (Å²) in [6.07, 6.45) is 0. The Morgan fingerprint density at radius 3 is 2.62 bits per heavy atom. The van der Waals surface area contributed by atoms with E-state index in [1.807, 2.05) is 60.8 Å². The molecule has 7 heteroatoms. The minimum Gasteiger partial charge on any atom is -0.494 e. The Kier molecular flexibility index (Phi) is 6.14. The van der Waals surface area contributed by atoms with Crippen LogP contribution in [0.2, 0.25) is 0 Å². The molecule has 0 aliphatic heterocycles. The SMILES string of the molecule is CCOc1ccc(-c2csc(NC(=O)CSc3ccc(N)cc3)n2)cc1. The number of benzene rings is 2. The molecule has 0 aliphatic rings. The van der Waals surface area contributed by atoms with Gasteiger partial charge >= 0.3 is 0 Å². The molecule has 1 amide bonds. The first-order valence-corrected chi connectivity index (χ1v) is 9.97. The Labute approximate surface area is 160 Å². The lowest BCUT2D eigenvalue weighted by Gasteiger charge is -2.03. The normalized spacial score (nSPS) is 10.5. The van der Waals surface area contributed by atoms with E-state index in [4.69, 9.17) is 10.5 Å². The van der Waals surface area contributed by atoms with Gasteiger partial charge in [0.2, 0.25) is 5.91 Å². The van der Waals surface area contributed by atoms with Crippen molar-refractivity contribution in [3.8, 4) is 17.0 Å². The number of anilines is 2. The molecule has 0 aliphatic carbocycles. The van der Waals surface area contributed by atoms with E-state index < -0.39 is 0 Å². The molecule has 134 valence electrons. The third kappa shape index (κ3) is 5.00. The maximum absolute atomic E-state index is 12.1. The number of thioether (sulfide) groups is 1. The third-order valence-electron chi connectivity index (χ3n) is 3.46. The standard InChI is InChI=1S/C19H19N3O2S2/c1-2-24-15-7-3-13(4-8-15)17-11-26-19(21-17)22-18(23)12-25-16-9-5-14(20)6-10-16/h3-11H,2,12,20H2,1H3,(H,21,22,23). The van der Waals surface area contributed by atoms with Crippen LogP contribution in [0.5, 0.6) is 5.75 Å². The minimum absolute atomic E-state index is 0.0839. The summed E-state index contributed by atoms with van der Waals surface area (Å²) in [6.45, 7) is 2.59. The van der Waals surface area contributed by atoms with Crippen LogP contribution < -0.4 is 15.8 Å². The van der Waals surface area contributed by atoms with Crippen LogP contribution in [0.3, 0.4) is 0 Å². The highest BCUT2D eigenvalue weighted by molar-refractivity contribution is 8.00. The van der Waals surface area contributed by atoms with Crippen molar-refractivity contribution in [2.45, 2.75) is 11.8 Å². The van der Waals surface area contributed by atoms with Crippen LogP contribution in [-0.4, -0.2) is 23.3 Å². The van der Waals surface area contributed by atoms with Crippen molar-refractivity contribution in [2.24, 2.45) is 0 Å². The first-order valence-electron chi connectivity index (χ1n) is 8.11. The van der Waals surface area contributed by atoms with Crippen molar-refractivity contribution < 1.29 is 9.53 Å². The van der Waals surface area contributed by atoms with Crippen molar-refractivity contribution in [1.29, 1.82) is 0 Å². The van der Waals surface area contributed by atoms with Crippen LogP contribution in [0.4, 0.5) is 10.8 Å². The topological polar surface area (TPSA) is 77.2 Å². The fourth-order valence-corrected chi connectivity index (χ4v) is 3.65. The van der Waals surface area contributed by atoms with E-state index in [0.717, 1.165) is 21.9 Å². The van der Waals surface area contributed by atoms with Gasteiger partial charge in [-0.1, -0.05) is 0 Å². The molecule has 0 saturated heterocycles. The molecule has 1 heterocycles. The molecular formula is C19H19N3O2S2. The van der Waals surface area contributed by atoms with Crippen LogP contribution in [0.15, 0.2) is 58.8 Å². The van der Waals surface area contributed by atoms with Crippen molar-refractivity contribution in [3.05, 3.63) is 53.9 Å². The summed E-state index contributed by atoms with van der Waals surface area (Å²) >= 11 is 2.87. The van der Waals surface area contributed by atoms with Crippen LogP contribution in [0, 0.1) is 0 Å². The number of nitrogens with two attached hydrogens (primary N) is 1. The van der Waals surface area contributed by atoms with Crippen LogP contribution in [0.25, 0.3) is 11.3 Å². The van der Waals surface area contributed by atoms with Gasteiger partial charge in [-0.15, -0.1) is 23.1 Å². The molecule has 3 N–H and O–H groups in total. The van der Waals surface area contributed by atoms with Crippen molar-refractivity contribution in [3.63, 3.8) is 0 Å². The van der Waals surface area contributed by atoms with Gasteiger partial charge in [0.15, 0.2) is 5.13 Å². The van der Waals surface area contributed by atoms with Crippen LogP contribution in [-0.2, 0) is 4.79 Å². The molecule has 2 aromatic carbocycles. The number of thiazole rings is 1. The molecular weight excluding hydrogens is 366 g/mol. The van der Waals surface area contributed by atoms with Gasteiger partial charge in [-0.25, -0.2) is 4.98 Å². The number of rotatable bonds is 7. The summed E-state index contributed by atoms with van der Waals surface area (Å²) in [4.78, 5) is 17.6. The largest absolute Gasteiger partial charge is 0.494 e. The number of hydrogen-bond donors (Lipinski definition) is 2. The number of nitrogen functional groups attached to an aromatic ring is 1. The number of aromatic nitrogens is 1. The van der Waals surface area contributed by atoms with E-state index in [1.165, 1.54) is 23.1 Å². The number of carbonyl (C=O) groups is 1. The second-order valence-corrected chi connectivity index (χ2v) is 7.31. The molecule has 0 radical (unpaired) electrons. The van der Waals surface area contributed by atoms with Crippen LogP contribution in [0.1, 0.15) is 6.92 Å². The molecule has 3 rings (SSSR count). The highest BCUT2D eigenvalue weighted by atomic mass is 32.2. The maximum Gasteiger partial charge on any atom is 0.236 e. The Balaban J connectivity index is 1.55. The Hall–Kier alpha value is -2.51. The van der Waals surface area contributed by atoms with Gasteiger partial charge < -0.3 is 15.8 Å². The summed E-state index contributed by atoms with van der Waals surface area (Å²) < 4.78 is 5.44. The van der Waals surface area contributed by atoms with E-state index in [1.54, 1.807) is 0 Å². The summed E-state index contributed by atoms with van der Waals surface area (Å²) in [5.41, 5.74) is 8.19. The molecule has 0 spiro atoms. The molecule has 1 aromatic heterocycles. The highest BCUT2D eigenvalue weighted by Crippen LogP contribution is 2.27.